The van der Waals surface area contributed by atoms with Gasteiger partial charge < -0.3 is 27.9 Å². The number of unbranched alkanes of at least 4 members (excludes halogenated alkanes) is 3. The van der Waals surface area contributed by atoms with Gasteiger partial charge in [-0.25, -0.2) is 0 Å². The molecule has 3 aliphatic rings. The summed E-state index contributed by atoms with van der Waals surface area (Å²) in [6, 6.07) is 0. The normalized spacial score (nSPS) is 28.8. The Kier molecular flexibility index (Phi) is 8.10. The van der Waals surface area contributed by atoms with Crippen LogP contribution in [0.3, 0.4) is 0 Å². The van der Waals surface area contributed by atoms with Gasteiger partial charge in [-0.1, -0.05) is 39.0 Å². The molecule has 0 aliphatic carbocycles. The molecule has 1 atom stereocenters. The smallest absolute Gasteiger partial charge is 0.403 e. The lowest BCUT2D eigenvalue weighted by Crippen LogP contribution is -2.45. The van der Waals surface area contributed by atoms with Crippen molar-refractivity contribution in [1.29, 1.82) is 0 Å². The molecule has 3 saturated heterocycles. The minimum absolute atomic E-state index is 0.0164. The third kappa shape index (κ3) is 5.56. The van der Waals surface area contributed by atoms with Gasteiger partial charge in [0.2, 0.25) is 0 Å². The van der Waals surface area contributed by atoms with E-state index in [0.29, 0.717) is 0 Å². The number of hydrogen-bond donors (Lipinski definition) is 0. The maximum atomic E-state index is 6.65. The van der Waals surface area contributed by atoms with Crippen LogP contribution in [0.15, 0.2) is 0 Å². The van der Waals surface area contributed by atoms with E-state index in [-0.39, 0.29) is 11.5 Å². The molecule has 35 heavy (non-hydrogen) atoms. The van der Waals surface area contributed by atoms with Crippen molar-refractivity contribution in [1.82, 2.24) is 0 Å². The molecule has 0 N–H and O–H groups in total. The molecule has 200 valence electrons. The molecule has 0 unspecified atom stereocenters. The first kappa shape index (κ1) is 29.5. The first-order valence-corrected chi connectivity index (χ1v) is 13.8. The summed E-state index contributed by atoms with van der Waals surface area (Å²) in [6.07, 6.45) is 5.59. The molecule has 3 aliphatic heterocycles. The summed E-state index contributed by atoms with van der Waals surface area (Å²) in [6.45, 7) is 27.5. The van der Waals surface area contributed by atoms with Crippen molar-refractivity contribution in [2.75, 3.05) is 0 Å². The van der Waals surface area contributed by atoms with Gasteiger partial charge in [0.05, 0.1) is 33.6 Å². The van der Waals surface area contributed by atoms with E-state index in [0.717, 1.165) is 12.8 Å². The Morgan fingerprint density at radius 2 is 0.771 bits per heavy atom. The second kappa shape index (κ2) is 9.61. The van der Waals surface area contributed by atoms with Gasteiger partial charge in [-0.2, -0.15) is 0 Å². The third-order valence-electron chi connectivity index (χ3n) is 9.68. The lowest BCUT2D eigenvalue weighted by atomic mass is 9.39. The Morgan fingerprint density at radius 1 is 0.457 bits per heavy atom. The fraction of sp³-hybridized carbons (Fsp3) is 1.00. The minimum atomic E-state index is -0.495. The van der Waals surface area contributed by atoms with E-state index in [2.05, 4.69) is 90.0 Å². The molecular formula is C26H51B3O6. The summed E-state index contributed by atoms with van der Waals surface area (Å²) in [5.74, 6) is -0.0164. The maximum absolute atomic E-state index is 6.65. The average Bonchev–Trinajstić information content (AvgIpc) is 3.11. The summed E-state index contributed by atoms with van der Waals surface area (Å²) in [5, 5.41) is 0. The molecule has 0 spiro atoms. The monoisotopic (exact) mass is 492 g/mol. The van der Waals surface area contributed by atoms with Crippen molar-refractivity contribution < 1.29 is 27.9 Å². The molecule has 0 aromatic heterocycles. The fourth-order valence-corrected chi connectivity index (χ4v) is 5.00. The molecule has 3 fully saturated rings. The first-order valence-electron chi connectivity index (χ1n) is 13.8. The Labute approximate surface area is 216 Å². The zero-order valence-corrected chi connectivity index (χ0v) is 24.9. The van der Waals surface area contributed by atoms with E-state index in [4.69, 9.17) is 27.9 Å². The van der Waals surface area contributed by atoms with E-state index >= 15 is 0 Å². The molecule has 0 saturated carbocycles. The number of hydrogen-bond acceptors (Lipinski definition) is 6. The van der Waals surface area contributed by atoms with Crippen LogP contribution in [0.5, 0.6) is 0 Å². The topological polar surface area (TPSA) is 55.4 Å². The Morgan fingerprint density at radius 3 is 1.09 bits per heavy atom. The summed E-state index contributed by atoms with van der Waals surface area (Å²) in [4.78, 5) is 0. The van der Waals surface area contributed by atoms with Crippen molar-refractivity contribution >= 4 is 21.4 Å². The van der Waals surface area contributed by atoms with E-state index in [1.54, 1.807) is 0 Å². The van der Waals surface area contributed by atoms with Crippen molar-refractivity contribution in [3.8, 4) is 0 Å². The minimum Gasteiger partial charge on any atom is -0.403 e. The molecule has 0 bridgehead atoms. The quantitative estimate of drug-likeness (QED) is 0.270. The Balaban J connectivity index is 2.01. The Bertz CT molecular complexity index is 667. The molecular weight excluding hydrogens is 441 g/mol. The van der Waals surface area contributed by atoms with Crippen LogP contribution in [0.2, 0.25) is 11.5 Å². The van der Waals surface area contributed by atoms with Crippen LogP contribution >= 0.6 is 0 Å². The number of rotatable bonds is 9. The molecule has 9 heteroatoms. The maximum Gasteiger partial charge on any atom is 0.460 e. The van der Waals surface area contributed by atoms with Gasteiger partial charge in [0.25, 0.3) is 0 Å². The summed E-state index contributed by atoms with van der Waals surface area (Å²) in [7, 11) is -1.39. The third-order valence-corrected chi connectivity index (χ3v) is 9.68. The van der Waals surface area contributed by atoms with Crippen LogP contribution < -0.4 is 0 Å². The van der Waals surface area contributed by atoms with Gasteiger partial charge in [-0.3, -0.25) is 0 Å². The highest BCUT2D eigenvalue weighted by molar-refractivity contribution is 6.71. The van der Waals surface area contributed by atoms with Gasteiger partial charge in [0.15, 0.2) is 0 Å². The van der Waals surface area contributed by atoms with Crippen molar-refractivity contribution in [2.45, 2.75) is 167 Å². The second-order valence-electron chi connectivity index (χ2n) is 14.0. The van der Waals surface area contributed by atoms with Crippen LogP contribution in [0, 0.1) is 0 Å². The van der Waals surface area contributed by atoms with Crippen LogP contribution in [-0.4, -0.2) is 55.0 Å². The fourth-order valence-electron chi connectivity index (χ4n) is 5.00. The second-order valence-corrected chi connectivity index (χ2v) is 14.0. The van der Waals surface area contributed by atoms with Crippen molar-refractivity contribution in [3.63, 3.8) is 0 Å². The summed E-state index contributed by atoms with van der Waals surface area (Å²) < 4.78 is 39.9. The molecule has 0 amide bonds. The largest absolute Gasteiger partial charge is 0.460 e. The van der Waals surface area contributed by atoms with Gasteiger partial charge in [-0.05, 0) is 88.9 Å². The van der Waals surface area contributed by atoms with Crippen molar-refractivity contribution in [3.05, 3.63) is 0 Å². The van der Waals surface area contributed by atoms with Crippen LogP contribution in [-0.2, 0) is 27.9 Å². The lowest BCUT2D eigenvalue weighted by molar-refractivity contribution is 0.00578. The first-order chi connectivity index (χ1) is 15.8. The van der Waals surface area contributed by atoms with Gasteiger partial charge in [0, 0.05) is 5.72 Å². The highest BCUT2D eigenvalue weighted by atomic mass is 16.7. The van der Waals surface area contributed by atoms with Crippen LogP contribution in [0.4, 0.5) is 0 Å². The predicted molar refractivity (Wildman–Crippen MR) is 145 cm³/mol. The molecule has 0 radical (unpaired) electrons. The zero-order chi connectivity index (χ0) is 26.7. The zero-order valence-electron chi connectivity index (χ0n) is 24.9. The van der Waals surface area contributed by atoms with E-state index in [1.807, 2.05) is 0 Å². The highest BCUT2D eigenvalue weighted by Gasteiger charge is 2.66. The van der Waals surface area contributed by atoms with Crippen LogP contribution in [0.1, 0.15) is 122 Å². The van der Waals surface area contributed by atoms with Gasteiger partial charge in [0.1, 0.15) is 0 Å². The SMILES string of the molecule is CCCCCC[C@H](B1OC(C)(C)C(C)(C)O1)C(B1OC(C)(C)C(C)(C)O1)B1OC(C)(C)C(C)(C)O1. The predicted octanol–water partition coefficient (Wildman–Crippen LogP) is 6.51. The van der Waals surface area contributed by atoms with E-state index in [1.165, 1.54) is 19.3 Å². The van der Waals surface area contributed by atoms with Crippen molar-refractivity contribution in [2.24, 2.45) is 0 Å². The summed E-state index contributed by atoms with van der Waals surface area (Å²) in [5.41, 5.74) is -2.88. The van der Waals surface area contributed by atoms with E-state index < -0.39 is 55.0 Å². The van der Waals surface area contributed by atoms with E-state index in [9.17, 15) is 0 Å². The molecule has 3 heterocycles. The van der Waals surface area contributed by atoms with Crippen LogP contribution in [0.25, 0.3) is 0 Å². The lowest BCUT2D eigenvalue weighted by Gasteiger charge is -2.32. The van der Waals surface area contributed by atoms with Gasteiger partial charge in [-0.15, -0.1) is 0 Å². The molecule has 6 nitrogen and oxygen atoms in total. The standard InChI is InChI=1S/C26H51B3O6/c1-14-15-16-17-18-19(27-30-21(2,3)22(4,5)31-27)20(28-32-23(6,7)24(8,9)33-28)29-34-25(10,11)26(12,13)35-29/h19-20H,14-18H2,1-13H3/t19-/m0/s1. The average molecular weight is 492 g/mol. The molecule has 0 aromatic carbocycles. The molecule has 3 rings (SSSR count). The Hall–Kier alpha value is -0.0452. The molecule has 0 aromatic rings. The van der Waals surface area contributed by atoms with Gasteiger partial charge >= 0.3 is 21.4 Å². The summed E-state index contributed by atoms with van der Waals surface area (Å²) >= 11 is 0. The highest BCUT2D eigenvalue weighted by Crippen LogP contribution is 2.53.